The van der Waals surface area contributed by atoms with E-state index in [0.717, 1.165) is 0 Å². The normalized spacial score (nSPS) is 53.9. The molecule has 0 saturated carbocycles. The van der Waals surface area contributed by atoms with Crippen LogP contribution in [0.15, 0.2) is 0 Å². The predicted octanol–water partition coefficient (Wildman–Crippen LogP) is -2.66. The monoisotopic (exact) mass is 294 g/mol. The van der Waals surface area contributed by atoms with Gasteiger partial charge in [0.25, 0.3) is 0 Å². The van der Waals surface area contributed by atoms with Gasteiger partial charge in [-0.1, -0.05) is 0 Å². The minimum Gasteiger partial charge on any atom is -0.388 e. The number of aliphatic hydroxyl groups excluding tert-OH is 5. The van der Waals surface area contributed by atoms with E-state index in [0.29, 0.717) is 0 Å². The molecule has 9 atom stereocenters. The lowest BCUT2D eigenvalue weighted by Crippen LogP contribution is -2.61. The maximum Gasteiger partial charge on any atom is 0.187 e. The lowest BCUT2D eigenvalue weighted by molar-refractivity contribution is -0.329. The van der Waals surface area contributed by atoms with Gasteiger partial charge in [-0.25, -0.2) is 0 Å². The van der Waals surface area contributed by atoms with Crippen molar-refractivity contribution in [2.45, 2.75) is 69.0 Å². The summed E-state index contributed by atoms with van der Waals surface area (Å²) in [4.78, 5) is 0. The summed E-state index contributed by atoms with van der Waals surface area (Å²) >= 11 is 0. The lowest BCUT2D eigenvalue weighted by Gasteiger charge is -2.43. The maximum absolute atomic E-state index is 9.90. The molecule has 8 heteroatoms. The Morgan fingerprint density at radius 1 is 0.850 bits per heavy atom. The van der Waals surface area contributed by atoms with Crippen LogP contribution in [0.4, 0.5) is 0 Å². The first-order valence-corrected chi connectivity index (χ1v) is 6.65. The summed E-state index contributed by atoms with van der Waals surface area (Å²) in [6, 6.07) is 0. The third kappa shape index (κ3) is 2.97. The largest absolute Gasteiger partial charge is 0.388 e. The third-order valence-electron chi connectivity index (χ3n) is 3.82. The zero-order valence-electron chi connectivity index (χ0n) is 11.4. The first-order chi connectivity index (χ1) is 9.32. The number of ether oxygens (including phenoxy) is 3. The Labute approximate surface area is 116 Å². The van der Waals surface area contributed by atoms with Crippen molar-refractivity contribution in [3.8, 4) is 0 Å². The fraction of sp³-hybridized carbons (Fsp3) is 1.00. The van der Waals surface area contributed by atoms with E-state index in [1.54, 1.807) is 6.92 Å². The van der Waals surface area contributed by atoms with Crippen molar-refractivity contribution in [1.29, 1.82) is 0 Å². The second-order valence-corrected chi connectivity index (χ2v) is 5.38. The molecule has 118 valence electrons. The zero-order valence-corrected chi connectivity index (χ0v) is 11.4. The van der Waals surface area contributed by atoms with E-state index in [4.69, 9.17) is 14.2 Å². The summed E-state index contributed by atoms with van der Waals surface area (Å²) in [5, 5.41) is 48.6. The first kappa shape index (κ1) is 16.1. The van der Waals surface area contributed by atoms with Crippen molar-refractivity contribution in [3.63, 3.8) is 0 Å². The Balaban J connectivity index is 2.04. The summed E-state index contributed by atoms with van der Waals surface area (Å²) in [5.41, 5.74) is 0. The molecule has 0 aliphatic carbocycles. The summed E-state index contributed by atoms with van der Waals surface area (Å²) < 4.78 is 16.0. The Morgan fingerprint density at radius 3 is 2.15 bits per heavy atom. The molecule has 5 N–H and O–H groups in total. The Morgan fingerprint density at radius 2 is 1.50 bits per heavy atom. The molecule has 8 nitrogen and oxygen atoms in total. The molecule has 20 heavy (non-hydrogen) atoms. The molecule has 2 heterocycles. The molecule has 0 bridgehead atoms. The average Bonchev–Trinajstić information content (AvgIpc) is 2.42. The van der Waals surface area contributed by atoms with Crippen LogP contribution < -0.4 is 0 Å². The second kappa shape index (κ2) is 6.20. The standard InChI is InChI=1S/C12H22O8/c1-4-7(14)9(16)10(17)12(19-4)20-11-5(2)18-3-6(13)8(11)15/h4-17H,3H2,1-2H3/t4-,5-,6-,7+,8-,9+,10-,11-,12-/m0/s1. The molecule has 2 fully saturated rings. The van der Waals surface area contributed by atoms with Gasteiger partial charge in [0.15, 0.2) is 6.29 Å². The van der Waals surface area contributed by atoms with E-state index in [-0.39, 0.29) is 6.61 Å². The number of hydrogen-bond acceptors (Lipinski definition) is 8. The summed E-state index contributed by atoms with van der Waals surface area (Å²) in [6.45, 7) is 3.18. The fourth-order valence-electron chi connectivity index (χ4n) is 2.41. The van der Waals surface area contributed by atoms with Gasteiger partial charge in [-0.15, -0.1) is 0 Å². The van der Waals surface area contributed by atoms with Crippen LogP contribution in [0, 0.1) is 0 Å². The molecule has 0 unspecified atom stereocenters. The van der Waals surface area contributed by atoms with Crippen LogP contribution in [0.1, 0.15) is 13.8 Å². The summed E-state index contributed by atoms with van der Waals surface area (Å²) in [6.07, 6.45) is -9.75. The van der Waals surface area contributed by atoms with Crippen LogP contribution in [0.2, 0.25) is 0 Å². The fourth-order valence-corrected chi connectivity index (χ4v) is 2.41. The SMILES string of the molecule is C[C@@H]1O[C@@H](O[C@@H]2[C@@H](O)[C@@H](O)CO[C@H]2C)[C@@H](O)[C@H](O)[C@@H]1O. The minimum atomic E-state index is -1.46. The number of hydrogen-bond donors (Lipinski definition) is 5. The van der Waals surface area contributed by atoms with Gasteiger partial charge in [0.1, 0.15) is 36.6 Å². The van der Waals surface area contributed by atoms with Gasteiger partial charge < -0.3 is 39.7 Å². The highest BCUT2D eigenvalue weighted by Crippen LogP contribution is 2.26. The van der Waals surface area contributed by atoms with E-state index in [2.05, 4.69) is 0 Å². The highest BCUT2D eigenvalue weighted by Gasteiger charge is 2.46. The lowest BCUT2D eigenvalue weighted by atomic mass is 9.98. The summed E-state index contributed by atoms with van der Waals surface area (Å²) in [5.74, 6) is 0. The van der Waals surface area contributed by atoms with Gasteiger partial charge in [-0.3, -0.25) is 0 Å². The van der Waals surface area contributed by atoms with Crippen molar-refractivity contribution >= 4 is 0 Å². The molecule has 2 saturated heterocycles. The van der Waals surface area contributed by atoms with E-state index >= 15 is 0 Å². The van der Waals surface area contributed by atoms with Crippen molar-refractivity contribution in [1.82, 2.24) is 0 Å². The van der Waals surface area contributed by atoms with Crippen molar-refractivity contribution in [2.75, 3.05) is 6.61 Å². The molecule has 0 spiro atoms. The van der Waals surface area contributed by atoms with Gasteiger partial charge in [0.05, 0.1) is 18.8 Å². The maximum atomic E-state index is 9.90. The third-order valence-corrected chi connectivity index (χ3v) is 3.82. The van der Waals surface area contributed by atoms with Gasteiger partial charge in [-0.05, 0) is 13.8 Å². The smallest absolute Gasteiger partial charge is 0.187 e. The van der Waals surface area contributed by atoms with Crippen LogP contribution in [-0.4, -0.2) is 87.3 Å². The van der Waals surface area contributed by atoms with Crippen molar-refractivity contribution < 1.29 is 39.7 Å². The number of aliphatic hydroxyl groups is 5. The molecular weight excluding hydrogens is 272 g/mol. The molecule has 0 radical (unpaired) electrons. The Bertz CT molecular complexity index is 327. The molecule has 0 aromatic carbocycles. The summed E-state index contributed by atoms with van der Waals surface area (Å²) in [7, 11) is 0. The van der Waals surface area contributed by atoms with Gasteiger partial charge in [-0.2, -0.15) is 0 Å². The van der Waals surface area contributed by atoms with Gasteiger partial charge in [0.2, 0.25) is 0 Å². The second-order valence-electron chi connectivity index (χ2n) is 5.38. The van der Waals surface area contributed by atoms with Crippen LogP contribution in [0.5, 0.6) is 0 Å². The molecule has 2 aliphatic rings. The van der Waals surface area contributed by atoms with Gasteiger partial charge >= 0.3 is 0 Å². The Hall–Kier alpha value is -0.320. The van der Waals surface area contributed by atoms with E-state index < -0.39 is 55.1 Å². The highest BCUT2D eigenvalue weighted by atomic mass is 16.7. The Kier molecular flexibility index (Phi) is 4.98. The highest BCUT2D eigenvalue weighted by molar-refractivity contribution is 4.91. The molecule has 0 aromatic rings. The average molecular weight is 294 g/mol. The van der Waals surface area contributed by atoms with Crippen LogP contribution in [0.25, 0.3) is 0 Å². The van der Waals surface area contributed by atoms with E-state index in [1.165, 1.54) is 6.92 Å². The van der Waals surface area contributed by atoms with Crippen molar-refractivity contribution in [2.24, 2.45) is 0 Å². The van der Waals surface area contributed by atoms with Crippen LogP contribution in [-0.2, 0) is 14.2 Å². The molecule has 0 aromatic heterocycles. The zero-order chi connectivity index (χ0) is 15.0. The topological polar surface area (TPSA) is 129 Å². The molecule has 0 amide bonds. The molecular formula is C12H22O8. The minimum absolute atomic E-state index is 0.00594. The quantitative estimate of drug-likeness (QED) is 0.373. The molecule has 2 rings (SSSR count). The van der Waals surface area contributed by atoms with Crippen LogP contribution >= 0.6 is 0 Å². The van der Waals surface area contributed by atoms with Gasteiger partial charge in [0, 0.05) is 0 Å². The molecule has 2 aliphatic heterocycles. The van der Waals surface area contributed by atoms with E-state index in [1.807, 2.05) is 0 Å². The number of rotatable bonds is 2. The first-order valence-electron chi connectivity index (χ1n) is 6.65. The predicted molar refractivity (Wildman–Crippen MR) is 64.7 cm³/mol. The van der Waals surface area contributed by atoms with Crippen molar-refractivity contribution in [3.05, 3.63) is 0 Å². The van der Waals surface area contributed by atoms with E-state index in [9.17, 15) is 25.5 Å². The van der Waals surface area contributed by atoms with Crippen LogP contribution in [0.3, 0.4) is 0 Å².